The Labute approximate surface area is 103 Å². The van der Waals surface area contributed by atoms with Crippen LogP contribution in [0.5, 0.6) is 0 Å². The third-order valence-corrected chi connectivity index (χ3v) is 4.24. The molecular weight excluding hydrogens is 194 g/mol. The number of piperidine rings is 1. The lowest BCUT2D eigenvalue weighted by Gasteiger charge is -2.42. The second-order valence-corrected chi connectivity index (χ2v) is 5.71. The monoisotopic (exact) mass is 226 g/mol. The van der Waals surface area contributed by atoms with Gasteiger partial charge in [0.05, 0.1) is 26.2 Å². The van der Waals surface area contributed by atoms with Gasteiger partial charge < -0.3 is 4.48 Å². The molecule has 1 rings (SSSR count). The quantitative estimate of drug-likeness (QED) is 0.426. The molecule has 0 saturated carbocycles. The molecule has 1 aliphatic heterocycles. The average Bonchev–Trinajstić information content (AvgIpc) is 2.34. The SMILES string of the molecule is CCCCCC[N+]1(CCCC)CCCCC1. The molecule has 1 aliphatic rings. The molecule has 0 bridgehead atoms. The second-order valence-electron chi connectivity index (χ2n) is 5.71. The third-order valence-electron chi connectivity index (χ3n) is 4.24. The van der Waals surface area contributed by atoms with Crippen LogP contribution in [0.1, 0.15) is 71.6 Å². The lowest BCUT2D eigenvalue weighted by atomic mass is 10.0. The first-order valence-electron chi connectivity index (χ1n) is 7.68. The minimum Gasteiger partial charge on any atom is -0.324 e. The molecule has 1 heteroatoms. The summed E-state index contributed by atoms with van der Waals surface area (Å²) in [4.78, 5) is 0. The van der Waals surface area contributed by atoms with Crippen LogP contribution in [0.25, 0.3) is 0 Å². The van der Waals surface area contributed by atoms with Crippen LogP contribution in [0.3, 0.4) is 0 Å². The fourth-order valence-electron chi connectivity index (χ4n) is 3.11. The first-order valence-corrected chi connectivity index (χ1v) is 7.68. The highest BCUT2D eigenvalue weighted by Gasteiger charge is 2.28. The number of hydrogen-bond acceptors (Lipinski definition) is 0. The Morgan fingerprint density at radius 3 is 1.94 bits per heavy atom. The Kier molecular flexibility index (Phi) is 7.11. The number of quaternary nitrogens is 1. The van der Waals surface area contributed by atoms with Gasteiger partial charge in [-0.15, -0.1) is 0 Å². The summed E-state index contributed by atoms with van der Waals surface area (Å²) in [6.45, 7) is 10.5. The molecule has 0 radical (unpaired) electrons. The van der Waals surface area contributed by atoms with Crippen molar-refractivity contribution < 1.29 is 4.48 Å². The van der Waals surface area contributed by atoms with Gasteiger partial charge in [-0.3, -0.25) is 0 Å². The number of rotatable bonds is 8. The van der Waals surface area contributed by atoms with E-state index in [2.05, 4.69) is 13.8 Å². The third kappa shape index (κ3) is 4.86. The van der Waals surface area contributed by atoms with Crippen LogP contribution in [0.4, 0.5) is 0 Å². The van der Waals surface area contributed by atoms with Crippen LogP contribution in [0, 0.1) is 0 Å². The summed E-state index contributed by atoms with van der Waals surface area (Å²) >= 11 is 0. The van der Waals surface area contributed by atoms with Gasteiger partial charge in [0.2, 0.25) is 0 Å². The molecule has 0 N–H and O–H groups in total. The van der Waals surface area contributed by atoms with E-state index in [9.17, 15) is 0 Å². The molecule has 0 aromatic rings. The lowest BCUT2D eigenvalue weighted by Crippen LogP contribution is -2.52. The van der Waals surface area contributed by atoms with E-state index in [4.69, 9.17) is 0 Å². The zero-order valence-electron chi connectivity index (χ0n) is 11.6. The zero-order valence-corrected chi connectivity index (χ0v) is 11.6. The smallest absolute Gasteiger partial charge is 0.0786 e. The predicted octanol–water partition coefficient (Wildman–Crippen LogP) is 4.37. The van der Waals surface area contributed by atoms with Gasteiger partial charge in [0, 0.05) is 0 Å². The van der Waals surface area contributed by atoms with Crippen molar-refractivity contribution in [3.63, 3.8) is 0 Å². The second kappa shape index (κ2) is 8.11. The summed E-state index contributed by atoms with van der Waals surface area (Å²) in [5, 5.41) is 0. The van der Waals surface area contributed by atoms with E-state index in [1.807, 2.05) is 0 Å². The Morgan fingerprint density at radius 1 is 0.688 bits per heavy atom. The van der Waals surface area contributed by atoms with Crippen molar-refractivity contribution in [1.29, 1.82) is 0 Å². The van der Waals surface area contributed by atoms with E-state index >= 15 is 0 Å². The minimum absolute atomic E-state index is 1.37. The summed E-state index contributed by atoms with van der Waals surface area (Å²) in [5.74, 6) is 0. The average molecular weight is 226 g/mol. The fraction of sp³-hybridized carbons (Fsp3) is 1.00. The van der Waals surface area contributed by atoms with E-state index in [0.717, 1.165) is 0 Å². The molecule has 1 fully saturated rings. The molecule has 0 aromatic heterocycles. The van der Waals surface area contributed by atoms with E-state index in [-0.39, 0.29) is 0 Å². The number of unbranched alkanes of at least 4 members (excludes halogenated alkanes) is 4. The Morgan fingerprint density at radius 2 is 1.31 bits per heavy atom. The normalized spacial score (nSPS) is 19.9. The van der Waals surface area contributed by atoms with Crippen molar-refractivity contribution in [2.45, 2.75) is 71.6 Å². The molecule has 0 aliphatic carbocycles. The van der Waals surface area contributed by atoms with E-state index < -0.39 is 0 Å². The van der Waals surface area contributed by atoms with Gasteiger partial charge in [0.15, 0.2) is 0 Å². The number of hydrogen-bond donors (Lipinski definition) is 0. The van der Waals surface area contributed by atoms with Crippen molar-refractivity contribution in [1.82, 2.24) is 0 Å². The summed E-state index contributed by atoms with van der Waals surface area (Å²) in [5.41, 5.74) is 0. The summed E-state index contributed by atoms with van der Waals surface area (Å²) in [7, 11) is 0. The topological polar surface area (TPSA) is 0 Å². The molecule has 1 heterocycles. The molecule has 96 valence electrons. The van der Waals surface area contributed by atoms with Crippen molar-refractivity contribution >= 4 is 0 Å². The largest absolute Gasteiger partial charge is 0.324 e. The Hall–Kier alpha value is -0.0400. The van der Waals surface area contributed by atoms with Gasteiger partial charge in [0.25, 0.3) is 0 Å². The Bertz CT molecular complexity index is 159. The molecular formula is C15H32N+. The number of likely N-dealkylation sites (tertiary alicyclic amines) is 1. The maximum absolute atomic E-state index is 2.33. The summed E-state index contributed by atoms with van der Waals surface area (Å²) in [6, 6.07) is 0. The standard InChI is InChI=1S/C15H32N/c1-3-5-7-9-13-16(12-6-4-2)14-10-8-11-15-16/h3-15H2,1-2H3/q+1. The molecule has 1 nitrogen and oxygen atoms in total. The highest BCUT2D eigenvalue weighted by atomic mass is 15.3. The van der Waals surface area contributed by atoms with Crippen LogP contribution in [-0.2, 0) is 0 Å². The van der Waals surface area contributed by atoms with Crippen LogP contribution in [0.2, 0.25) is 0 Å². The predicted molar refractivity (Wildman–Crippen MR) is 72.6 cm³/mol. The molecule has 1 saturated heterocycles. The van der Waals surface area contributed by atoms with Gasteiger partial charge in [-0.05, 0) is 38.5 Å². The molecule has 0 aromatic carbocycles. The molecule has 0 amide bonds. The maximum atomic E-state index is 2.33. The van der Waals surface area contributed by atoms with Crippen molar-refractivity contribution in [2.75, 3.05) is 26.2 Å². The van der Waals surface area contributed by atoms with Crippen LogP contribution in [-0.4, -0.2) is 30.7 Å². The summed E-state index contributed by atoms with van der Waals surface area (Å²) < 4.78 is 1.47. The van der Waals surface area contributed by atoms with E-state index in [1.54, 1.807) is 0 Å². The van der Waals surface area contributed by atoms with Crippen LogP contribution >= 0.6 is 0 Å². The van der Waals surface area contributed by atoms with Gasteiger partial charge in [-0.1, -0.05) is 33.1 Å². The van der Waals surface area contributed by atoms with E-state index in [1.165, 1.54) is 88.4 Å². The Balaban J connectivity index is 2.30. The van der Waals surface area contributed by atoms with Gasteiger partial charge in [-0.25, -0.2) is 0 Å². The molecule has 0 spiro atoms. The summed E-state index contributed by atoms with van der Waals surface area (Å²) in [6.07, 6.45) is 13.0. The molecule has 0 atom stereocenters. The molecule has 16 heavy (non-hydrogen) atoms. The van der Waals surface area contributed by atoms with E-state index in [0.29, 0.717) is 0 Å². The first-order chi connectivity index (χ1) is 7.83. The lowest BCUT2D eigenvalue weighted by molar-refractivity contribution is -0.932. The van der Waals surface area contributed by atoms with Gasteiger partial charge in [0.1, 0.15) is 0 Å². The zero-order chi connectivity index (χ0) is 11.7. The maximum Gasteiger partial charge on any atom is 0.0786 e. The van der Waals surface area contributed by atoms with Crippen molar-refractivity contribution in [3.05, 3.63) is 0 Å². The van der Waals surface area contributed by atoms with Crippen LogP contribution in [0.15, 0.2) is 0 Å². The first kappa shape index (κ1) is 14.0. The minimum atomic E-state index is 1.37. The van der Waals surface area contributed by atoms with Gasteiger partial charge >= 0.3 is 0 Å². The van der Waals surface area contributed by atoms with Gasteiger partial charge in [-0.2, -0.15) is 0 Å². The van der Waals surface area contributed by atoms with Crippen LogP contribution < -0.4 is 0 Å². The number of nitrogens with zero attached hydrogens (tertiary/aromatic N) is 1. The highest BCUT2D eigenvalue weighted by Crippen LogP contribution is 2.21. The van der Waals surface area contributed by atoms with Crippen molar-refractivity contribution in [3.8, 4) is 0 Å². The highest BCUT2D eigenvalue weighted by molar-refractivity contribution is 4.55. The fourth-order valence-corrected chi connectivity index (χ4v) is 3.11. The van der Waals surface area contributed by atoms with Crippen molar-refractivity contribution in [2.24, 2.45) is 0 Å². The molecule has 0 unspecified atom stereocenters.